The molecule has 0 atom stereocenters. The Bertz CT molecular complexity index is 278. The lowest BCUT2D eigenvalue weighted by atomic mass is 10.4. The van der Waals surface area contributed by atoms with Crippen molar-refractivity contribution in [1.29, 1.82) is 0 Å². The average molecular weight is 153 g/mol. The third kappa shape index (κ3) is 1.64. The highest BCUT2D eigenvalue weighted by Gasteiger charge is 2.05. The van der Waals surface area contributed by atoms with Crippen LogP contribution in [0.25, 0.3) is 0 Å². The van der Waals surface area contributed by atoms with E-state index in [2.05, 4.69) is 9.97 Å². The molecular weight excluding hydrogens is 146 g/mol. The van der Waals surface area contributed by atoms with E-state index < -0.39 is 5.97 Å². The van der Waals surface area contributed by atoms with Crippen molar-refractivity contribution in [2.45, 2.75) is 6.92 Å². The average Bonchev–Trinajstić information content (AvgIpc) is 1.85. The van der Waals surface area contributed by atoms with Gasteiger partial charge in [0.05, 0.1) is 0 Å². The van der Waals surface area contributed by atoms with E-state index in [-0.39, 0.29) is 11.5 Å². The Morgan fingerprint density at radius 3 is 2.73 bits per heavy atom. The van der Waals surface area contributed by atoms with Crippen LogP contribution in [0.3, 0.4) is 0 Å². The van der Waals surface area contributed by atoms with Crippen LogP contribution in [0.15, 0.2) is 6.07 Å². The summed E-state index contributed by atoms with van der Waals surface area (Å²) in [6, 6.07) is 1.22. The molecule has 0 bridgehead atoms. The molecule has 1 aromatic heterocycles. The van der Waals surface area contributed by atoms with E-state index in [4.69, 9.17) is 10.8 Å². The fourth-order valence-corrected chi connectivity index (χ4v) is 0.700. The lowest BCUT2D eigenvalue weighted by Gasteiger charge is -1.96. The molecule has 0 aliphatic heterocycles. The molecule has 1 rings (SSSR count). The van der Waals surface area contributed by atoms with Crippen LogP contribution in [0, 0.1) is 6.92 Å². The zero-order valence-corrected chi connectivity index (χ0v) is 5.90. The van der Waals surface area contributed by atoms with Gasteiger partial charge in [0.1, 0.15) is 11.6 Å². The second-order valence-electron chi connectivity index (χ2n) is 2.03. The van der Waals surface area contributed by atoms with Gasteiger partial charge in [-0.2, -0.15) is 0 Å². The summed E-state index contributed by atoms with van der Waals surface area (Å²) in [4.78, 5) is 17.7. The van der Waals surface area contributed by atoms with Gasteiger partial charge in [-0.1, -0.05) is 0 Å². The number of nitrogen functional groups attached to an aromatic ring is 1. The third-order valence-corrected chi connectivity index (χ3v) is 1.08. The molecule has 1 aromatic rings. The van der Waals surface area contributed by atoms with Gasteiger partial charge in [-0.25, -0.2) is 14.8 Å². The van der Waals surface area contributed by atoms with Gasteiger partial charge in [0, 0.05) is 6.07 Å². The van der Waals surface area contributed by atoms with Gasteiger partial charge in [-0.05, 0) is 6.92 Å². The van der Waals surface area contributed by atoms with Gasteiger partial charge in [0.25, 0.3) is 0 Å². The smallest absolute Gasteiger partial charge is 0.354 e. The quantitative estimate of drug-likeness (QED) is 0.595. The highest BCUT2D eigenvalue weighted by atomic mass is 16.4. The van der Waals surface area contributed by atoms with Gasteiger partial charge in [0.2, 0.25) is 0 Å². The lowest BCUT2D eigenvalue weighted by Crippen LogP contribution is -2.05. The minimum atomic E-state index is -1.10. The molecule has 58 valence electrons. The standard InChI is InChI=1S/C6H7N3O2/c1-3-8-4(6(10)11)2-5(7)9-3/h2H,1H3,(H,10,11)(H2,7,8,9). The van der Waals surface area contributed by atoms with E-state index in [0.29, 0.717) is 5.82 Å². The number of hydrogen-bond donors (Lipinski definition) is 2. The second-order valence-corrected chi connectivity index (χ2v) is 2.03. The zero-order chi connectivity index (χ0) is 8.43. The fraction of sp³-hybridized carbons (Fsp3) is 0.167. The Morgan fingerprint density at radius 1 is 1.64 bits per heavy atom. The van der Waals surface area contributed by atoms with Crippen molar-refractivity contribution in [3.05, 3.63) is 17.6 Å². The number of nitrogens with zero attached hydrogens (tertiary/aromatic N) is 2. The first kappa shape index (κ1) is 7.46. The van der Waals surface area contributed by atoms with Gasteiger partial charge in [0.15, 0.2) is 5.69 Å². The predicted octanol–water partition coefficient (Wildman–Crippen LogP) is 0.0654. The fourth-order valence-electron chi connectivity index (χ4n) is 0.700. The van der Waals surface area contributed by atoms with E-state index in [0.717, 1.165) is 0 Å². The van der Waals surface area contributed by atoms with Crippen LogP contribution in [0.1, 0.15) is 16.3 Å². The van der Waals surface area contributed by atoms with E-state index in [1.807, 2.05) is 0 Å². The molecule has 3 N–H and O–H groups in total. The molecule has 0 unspecified atom stereocenters. The predicted molar refractivity (Wildman–Crippen MR) is 38.1 cm³/mol. The number of aromatic carboxylic acids is 1. The van der Waals surface area contributed by atoms with Gasteiger partial charge < -0.3 is 10.8 Å². The molecule has 0 saturated carbocycles. The number of rotatable bonds is 1. The van der Waals surface area contributed by atoms with Crippen LogP contribution in [0.5, 0.6) is 0 Å². The molecule has 0 aromatic carbocycles. The van der Waals surface area contributed by atoms with Crippen molar-refractivity contribution < 1.29 is 9.90 Å². The van der Waals surface area contributed by atoms with Crippen molar-refractivity contribution >= 4 is 11.8 Å². The van der Waals surface area contributed by atoms with Crippen molar-refractivity contribution in [3.8, 4) is 0 Å². The van der Waals surface area contributed by atoms with Gasteiger partial charge in [-0.15, -0.1) is 0 Å². The summed E-state index contributed by atoms with van der Waals surface area (Å²) in [5.41, 5.74) is 5.21. The van der Waals surface area contributed by atoms with Gasteiger partial charge >= 0.3 is 5.97 Å². The van der Waals surface area contributed by atoms with Gasteiger partial charge in [-0.3, -0.25) is 0 Å². The summed E-state index contributed by atoms with van der Waals surface area (Å²) in [5, 5.41) is 8.49. The molecule has 1 heterocycles. The van der Waals surface area contributed by atoms with E-state index in [1.165, 1.54) is 6.07 Å². The summed E-state index contributed by atoms with van der Waals surface area (Å²) in [6.45, 7) is 1.59. The minimum absolute atomic E-state index is 0.0741. The molecule has 5 heteroatoms. The first-order valence-electron chi connectivity index (χ1n) is 2.94. The molecule has 0 saturated heterocycles. The molecule has 0 amide bonds. The maximum Gasteiger partial charge on any atom is 0.354 e. The summed E-state index contributed by atoms with van der Waals surface area (Å²) < 4.78 is 0. The normalized spacial score (nSPS) is 9.55. The minimum Gasteiger partial charge on any atom is -0.477 e. The van der Waals surface area contributed by atoms with Crippen LogP contribution in [0.2, 0.25) is 0 Å². The Balaban J connectivity index is 3.19. The lowest BCUT2D eigenvalue weighted by molar-refractivity contribution is 0.0690. The summed E-state index contributed by atoms with van der Waals surface area (Å²) >= 11 is 0. The molecule has 5 nitrogen and oxygen atoms in total. The van der Waals surface area contributed by atoms with Crippen LogP contribution in [0.4, 0.5) is 5.82 Å². The summed E-state index contributed by atoms with van der Waals surface area (Å²) in [5.74, 6) is -0.556. The molecule has 11 heavy (non-hydrogen) atoms. The van der Waals surface area contributed by atoms with E-state index in [1.54, 1.807) is 6.92 Å². The highest BCUT2D eigenvalue weighted by Crippen LogP contribution is 2.01. The number of anilines is 1. The number of nitrogens with two attached hydrogens (primary N) is 1. The number of aryl methyl sites for hydroxylation is 1. The maximum atomic E-state index is 10.4. The maximum absolute atomic E-state index is 10.4. The Kier molecular flexibility index (Phi) is 1.72. The van der Waals surface area contributed by atoms with E-state index >= 15 is 0 Å². The number of carboxylic acids is 1. The van der Waals surface area contributed by atoms with E-state index in [9.17, 15) is 4.79 Å². The third-order valence-electron chi connectivity index (χ3n) is 1.08. The number of aromatic nitrogens is 2. The first-order chi connectivity index (χ1) is 5.09. The van der Waals surface area contributed by atoms with Crippen molar-refractivity contribution in [2.75, 3.05) is 5.73 Å². The Morgan fingerprint density at radius 2 is 2.27 bits per heavy atom. The number of carboxylic acid groups (broad SMARTS) is 1. The van der Waals surface area contributed by atoms with Crippen molar-refractivity contribution in [3.63, 3.8) is 0 Å². The number of carbonyl (C=O) groups is 1. The summed E-state index contributed by atoms with van der Waals surface area (Å²) in [7, 11) is 0. The second kappa shape index (κ2) is 2.53. The van der Waals surface area contributed by atoms with Crippen molar-refractivity contribution in [2.24, 2.45) is 0 Å². The molecule has 0 radical (unpaired) electrons. The number of hydrogen-bond acceptors (Lipinski definition) is 4. The zero-order valence-electron chi connectivity index (χ0n) is 5.90. The Labute approximate surface area is 62.9 Å². The van der Waals surface area contributed by atoms with Crippen LogP contribution < -0.4 is 5.73 Å². The summed E-state index contributed by atoms with van der Waals surface area (Å²) in [6.07, 6.45) is 0. The van der Waals surface area contributed by atoms with Crippen LogP contribution >= 0.6 is 0 Å². The van der Waals surface area contributed by atoms with Crippen LogP contribution in [-0.4, -0.2) is 21.0 Å². The molecular formula is C6H7N3O2. The molecule has 0 aliphatic carbocycles. The monoisotopic (exact) mass is 153 g/mol. The Hall–Kier alpha value is -1.65. The molecule has 0 aliphatic rings. The molecule has 0 spiro atoms. The van der Waals surface area contributed by atoms with Crippen LogP contribution in [-0.2, 0) is 0 Å². The highest BCUT2D eigenvalue weighted by molar-refractivity contribution is 5.85. The SMILES string of the molecule is Cc1nc(N)cc(C(=O)O)n1. The molecule has 0 fully saturated rings. The van der Waals surface area contributed by atoms with Crippen molar-refractivity contribution in [1.82, 2.24) is 9.97 Å². The largest absolute Gasteiger partial charge is 0.477 e. The first-order valence-corrected chi connectivity index (χ1v) is 2.94. The topological polar surface area (TPSA) is 89.1 Å².